The van der Waals surface area contributed by atoms with Crippen molar-refractivity contribution >= 4 is 11.9 Å². The number of amides is 1. The smallest absolute Gasteiger partial charge is 0.328 e. The highest BCUT2D eigenvalue weighted by atomic mass is 16.5. The number of carbonyl (C=O) groups is 2. The zero-order valence-corrected chi connectivity index (χ0v) is 11.7. The highest BCUT2D eigenvalue weighted by Gasteiger charge is 2.27. The van der Waals surface area contributed by atoms with Crippen molar-refractivity contribution in [1.29, 1.82) is 0 Å². The van der Waals surface area contributed by atoms with Crippen LogP contribution in [0.15, 0.2) is 0 Å². The maximum Gasteiger partial charge on any atom is 0.328 e. The van der Waals surface area contributed by atoms with Crippen molar-refractivity contribution in [2.24, 2.45) is 11.8 Å². The van der Waals surface area contributed by atoms with E-state index in [1.54, 1.807) is 0 Å². The first-order valence-corrected chi connectivity index (χ1v) is 6.92. The summed E-state index contributed by atoms with van der Waals surface area (Å²) in [6.07, 6.45) is 5.97. The number of rotatable bonds is 5. The fraction of sp³-hybridized carbons (Fsp3) is 0.857. The third-order valence-electron chi connectivity index (χ3n) is 3.49. The van der Waals surface area contributed by atoms with Crippen LogP contribution in [0.1, 0.15) is 52.4 Å². The number of methoxy groups -OCH3 is 1. The van der Waals surface area contributed by atoms with Gasteiger partial charge in [-0.1, -0.05) is 33.1 Å². The van der Waals surface area contributed by atoms with Gasteiger partial charge in [-0.25, -0.2) is 4.79 Å². The Kier molecular flexibility index (Phi) is 6.16. The van der Waals surface area contributed by atoms with Gasteiger partial charge in [-0.3, -0.25) is 4.79 Å². The molecule has 1 aliphatic rings. The fourth-order valence-electron chi connectivity index (χ4n) is 2.48. The number of esters is 1. The SMILES string of the molecule is COC(=O)C(CC(C)C)NC(=O)C1CCCCC1. The van der Waals surface area contributed by atoms with Gasteiger partial charge in [0.25, 0.3) is 0 Å². The number of nitrogens with one attached hydrogen (secondary N) is 1. The van der Waals surface area contributed by atoms with Gasteiger partial charge in [0.2, 0.25) is 5.91 Å². The van der Waals surface area contributed by atoms with E-state index in [4.69, 9.17) is 4.74 Å². The second-order valence-corrected chi connectivity index (χ2v) is 5.55. The van der Waals surface area contributed by atoms with Crippen LogP contribution in [0.3, 0.4) is 0 Å². The van der Waals surface area contributed by atoms with Crippen LogP contribution in [0.5, 0.6) is 0 Å². The van der Waals surface area contributed by atoms with Crippen molar-refractivity contribution in [3.05, 3.63) is 0 Å². The summed E-state index contributed by atoms with van der Waals surface area (Å²) < 4.78 is 4.75. The highest BCUT2D eigenvalue weighted by Crippen LogP contribution is 2.24. The first-order chi connectivity index (χ1) is 8.54. The van der Waals surface area contributed by atoms with Crippen LogP contribution in [-0.2, 0) is 14.3 Å². The molecule has 0 heterocycles. The van der Waals surface area contributed by atoms with Gasteiger partial charge < -0.3 is 10.1 Å². The van der Waals surface area contributed by atoms with Gasteiger partial charge in [0.15, 0.2) is 0 Å². The molecule has 1 aliphatic carbocycles. The Labute approximate surface area is 109 Å². The van der Waals surface area contributed by atoms with Crippen molar-refractivity contribution < 1.29 is 14.3 Å². The normalized spacial score (nSPS) is 18.4. The summed E-state index contributed by atoms with van der Waals surface area (Å²) in [5.74, 6) is 0.109. The zero-order chi connectivity index (χ0) is 13.5. The monoisotopic (exact) mass is 255 g/mol. The van der Waals surface area contributed by atoms with Crippen LogP contribution in [0.4, 0.5) is 0 Å². The Morgan fingerprint density at radius 1 is 1.22 bits per heavy atom. The summed E-state index contributed by atoms with van der Waals surface area (Å²) in [5, 5.41) is 2.86. The minimum absolute atomic E-state index is 0.0192. The summed E-state index contributed by atoms with van der Waals surface area (Å²) in [6, 6.07) is -0.496. The van der Waals surface area contributed by atoms with Gasteiger partial charge in [0.05, 0.1) is 7.11 Å². The highest BCUT2D eigenvalue weighted by molar-refractivity contribution is 5.85. The number of hydrogen-bond donors (Lipinski definition) is 1. The average molecular weight is 255 g/mol. The lowest BCUT2D eigenvalue weighted by atomic mass is 9.88. The number of ether oxygens (including phenoxy) is 1. The van der Waals surface area contributed by atoms with Gasteiger partial charge in [-0.05, 0) is 25.2 Å². The molecule has 1 atom stereocenters. The van der Waals surface area contributed by atoms with Crippen LogP contribution < -0.4 is 5.32 Å². The minimum atomic E-state index is -0.496. The van der Waals surface area contributed by atoms with E-state index in [1.165, 1.54) is 13.5 Å². The molecule has 1 N–H and O–H groups in total. The summed E-state index contributed by atoms with van der Waals surface area (Å²) in [7, 11) is 1.36. The molecule has 0 spiro atoms. The lowest BCUT2D eigenvalue weighted by molar-refractivity contribution is -0.146. The quantitative estimate of drug-likeness (QED) is 0.767. The van der Waals surface area contributed by atoms with E-state index in [9.17, 15) is 9.59 Å². The molecule has 0 aromatic carbocycles. The number of hydrogen-bond acceptors (Lipinski definition) is 3. The van der Waals surface area contributed by atoms with Crippen LogP contribution >= 0.6 is 0 Å². The molecule has 1 rings (SSSR count). The van der Waals surface area contributed by atoms with E-state index < -0.39 is 6.04 Å². The molecule has 0 aliphatic heterocycles. The van der Waals surface area contributed by atoms with Gasteiger partial charge in [-0.2, -0.15) is 0 Å². The Morgan fingerprint density at radius 2 is 1.83 bits per heavy atom. The standard InChI is InChI=1S/C14H25NO3/c1-10(2)9-12(14(17)18-3)15-13(16)11-7-5-4-6-8-11/h10-12H,4-9H2,1-3H3,(H,15,16). The van der Waals surface area contributed by atoms with Gasteiger partial charge in [0, 0.05) is 5.92 Å². The molecule has 0 radical (unpaired) electrons. The molecule has 18 heavy (non-hydrogen) atoms. The average Bonchev–Trinajstić information content (AvgIpc) is 2.37. The minimum Gasteiger partial charge on any atom is -0.467 e. The summed E-state index contributed by atoms with van der Waals surface area (Å²) in [4.78, 5) is 23.7. The van der Waals surface area contributed by atoms with E-state index in [2.05, 4.69) is 5.32 Å². The third-order valence-corrected chi connectivity index (χ3v) is 3.49. The van der Waals surface area contributed by atoms with Gasteiger partial charge >= 0.3 is 5.97 Å². The third kappa shape index (κ3) is 4.67. The van der Waals surface area contributed by atoms with E-state index in [0.717, 1.165) is 25.7 Å². The molecule has 1 amide bonds. The molecule has 0 aromatic rings. The molecule has 0 saturated heterocycles. The molecule has 1 fully saturated rings. The first kappa shape index (κ1) is 15.0. The molecule has 4 heteroatoms. The summed E-state index contributed by atoms with van der Waals surface area (Å²) in [6.45, 7) is 4.06. The Balaban J connectivity index is 2.52. The van der Waals surface area contributed by atoms with E-state index in [0.29, 0.717) is 12.3 Å². The van der Waals surface area contributed by atoms with Gasteiger partial charge in [-0.15, -0.1) is 0 Å². The first-order valence-electron chi connectivity index (χ1n) is 6.92. The predicted molar refractivity (Wildman–Crippen MR) is 70.0 cm³/mol. The van der Waals surface area contributed by atoms with Crippen molar-refractivity contribution in [2.75, 3.05) is 7.11 Å². The predicted octanol–water partition coefficient (Wildman–Crippen LogP) is 2.27. The van der Waals surface area contributed by atoms with Crippen LogP contribution in [0, 0.1) is 11.8 Å². The fourth-order valence-corrected chi connectivity index (χ4v) is 2.48. The molecule has 0 bridgehead atoms. The van der Waals surface area contributed by atoms with Crippen LogP contribution in [0.2, 0.25) is 0 Å². The molecule has 0 aromatic heterocycles. The van der Waals surface area contributed by atoms with Crippen molar-refractivity contribution in [3.63, 3.8) is 0 Å². The van der Waals surface area contributed by atoms with Crippen molar-refractivity contribution in [2.45, 2.75) is 58.4 Å². The second kappa shape index (κ2) is 7.39. The Hall–Kier alpha value is -1.06. The van der Waals surface area contributed by atoms with Crippen LogP contribution in [0.25, 0.3) is 0 Å². The molecule has 104 valence electrons. The lowest BCUT2D eigenvalue weighted by Gasteiger charge is -2.24. The molecular formula is C14H25NO3. The van der Waals surface area contributed by atoms with Crippen molar-refractivity contribution in [3.8, 4) is 0 Å². The summed E-state index contributed by atoms with van der Waals surface area (Å²) in [5.41, 5.74) is 0. The van der Waals surface area contributed by atoms with Gasteiger partial charge in [0.1, 0.15) is 6.04 Å². The Bertz CT molecular complexity index is 283. The zero-order valence-electron chi connectivity index (χ0n) is 11.7. The lowest BCUT2D eigenvalue weighted by Crippen LogP contribution is -2.45. The summed E-state index contributed by atoms with van der Waals surface area (Å²) >= 11 is 0. The van der Waals surface area contributed by atoms with Crippen molar-refractivity contribution in [1.82, 2.24) is 5.32 Å². The molecule has 1 saturated carbocycles. The second-order valence-electron chi connectivity index (χ2n) is 5.55. The van der Waals surface area contributed by atoms with E-state index >= 15 is 0 Å². The van der Waals surface area contributed by atoms with E-state index in [1.807, 2.05) is 13.8 Å². The van der Waals surface area contributed by atoms with Crippen LogP contribution in [-0.4, -0.2) is 25.0 Å². The maximum atomic E-state index is 12.1. The molecular weight excluding hydrogens is 230 g/mol. The molecule has 4 nitrogen and oxygen atoms in total. The van der Waals surface area contributed by atoms with E-state index in [-0.39, 0.29) is 17.8 Å². The topological polar surface area (TPSA) is 55.4 Å². The number of carbonyl (C=O) groups excluding carboxylic acids is 2. The molecule has 1 unspecified atom stereocenters. The maximum absolute atomic E-state index is 12.1. The largest absolute Gasteiger partial charge is 0.467 e. The Morgan fingerprint density at radius 3 is 2.33 bits per heavy atom.